The summed E-state index contributed by atoms with van der Waals surface area (Å²) in [6.07, 6.45) is 4.09. The van der Waals surface area contributed by atoms with Gasteiger partial charge in [-0.25, -0.2) is 14.6 Å². The van der Waals surface area contributed by atoms with Crippen LogP contribution in [0.15, 0.2) is 53.5 Å². The first-order chi connectivity index (χ1) is 18.8. The molecule has 2 fully saturated rings. The predicted octanol–water partition coefficient (Wildman–Crippen LogP) is 1.93. The zero-order chi connectivity index (χ0) is 27.5. The summed E-state index contributed by atoms with van der Waals surface area (Å²) in [5, 5.41) is 2.96. The van der Waals surface area contributed by atoms with Crippen LogP contribution in [-0.4, -0.2) is 93.4 Å². The molecular weight excluding hydrogens is 498 g/mol. The SMILES string of the molecule is CN(C)C(=O)CN1CC(c2ccccc2)CCC(NC(=O)N2CCC(n3c(=O)[nH]c4ncccc43)CC2)C1=O. The summed E-state index contributed by atoms with van der Waals surface area (Å²) in [4.78, 5) is 63.7. The van der Waals surface area contributed by atoms with E-state index in [9.17, 15) is 19.2 Å². The largest absolute Gasteiger partial charge is 0.347 e. The number of benzene rings is 1. The Morgan fingerprint density at radius 1 is 1.03 bits per heavy atom. The van der Waals surface area contributed by atoms with Gasteiger partial charge in [-0.1, -0.05) is 30.3 Å². The monoisotopic (exact) mass is 533 g/mol. The van der Waals surface area contributed by atoms with Crippen molar-refractivity contribution in [2.45, 2.75) is 43.7 Å². The lowest BCUT2D eigenvalue weighted by molar-refractivity contribution is -0.140. The highest BCUT2D eigenvalue weighted by Crippen LogP contribution is 2.28. The molecule has 4 heterocycles. The van der Waals surface area contributed by atoms with Crippen LogP contribution in [0.25, 0.3) is 11.2 Å². The van der Waals surface area contributed by atoms with E-state index in [4.69, 9.17) is 0 Å². The normalized spacial score (nSPS) is 20.6. The first-order valence-electron chi connectivity index (χ1n) is 13.5. The molecule has 0 bridgehead atoms. The summed E-state index contributed by atoms with van der Waals surface area (Å²) in [7, 11) is 3.34. The van der Waals surface area contributed by atoms with Crippen LogP contribution >= 0.6 is 0 Å². The second-order valence-electron chi connectivity index (χ2n) is 10.6. The van der Waals surface area contributed by atoms with Gasteiger partial charge in [0.25, 0.3) is 0 Å². The topological polar surface area (TPSA) is 124 Å². The fraction of sp³-hybridized carbons (Fsp3) is 0.464. The average Bonchev–Trinajstić information content (AvgIpc) is 3.21. The number of fused-ring (bicyclic) bond motifs is 1. The number of rotatable bonds is 5. The van der Waals surface area contributed by atoms with Crippen LogP contribution < -0.4 is 11.0 Å². The molecule has 2 saturated heterocycles. The summed E-state index contributed by atoms with van der Waals surface area (Å²) in [5.41, 5.74) is 2.23. The summed E-state index contributed by atoms with van der Waals surface area (Å²) < 4.78 is 1.73. The summed E-state index contributed by atoms with van der Waals surface area (Å²) >= 11 is 0. The van der Waals surface area contributed by atoms with Crippen molar-refractivity contribution in [2.24, 2.45) is 0 Å². The Labute approximate surface area is 226 Å². The Hall–Kier alpha value is -4.15. The van der Waals surface area contributed by atoms with Gasteiger partial charge in [-0.3, -0.25) is 19.1 Å². The van der Waals surface area contributed by atoms with Crippen LogP contribution in [0.1, 0.15) is 43.2 Å². The molecule has 2 N–H and O–H groups in total. The predicted molar refractivity (Wildman–Crippen MR) is 146 cm³/mol. The minimum atomic E-state index is -0.707. The number of aromatic nitrogens is 3. The van der Waals surface area contributed by atoms with Gasteiger partial charge in [0.15, 0.2) is 5.65 Å². The standard InChI is InChI=1S/C28H35N7O4/c1-32(2)24(36)18-34-17-20(19-7-4-3-5-8-19)10-11-22(26(34)37)30-27(38)33-15-12-21(13-16-33)35-23-9-6-14-29-25(23)31-28(35)39/h3-9,14,20-22H,10-13,15-18H2,1-2H3,(H,30,38)(H,29,31,39). The maximum atomic E-state index is 13.5. The molecule has 39 heavy (non-hydrogen) atoms. The van der Waals surface area contributed by atoms with Crippen molar-refractivity contribution in [2.75, 3.05) is 40.3 Å². The molecule has 11 nitrogen and oxygen atoms in total. The lowest BCUT2D eigenvalue weighted by atomic mass is 9.93. The molecule has 3 aromatic rings. The first-order valence-corrected chi connectivity index (χ1v) is 13.5. The number of imidazole rings is 1. The van der Waals surface area contributed by atoms with E-state index in [0.29, 0.717) is 51.0 Å². The van der Waals surface area contributed by atoms with Crippen LogP contribution in [0, 0.1) is 0 Å². The van der Waals surface area contributed by atoms with Crippen molar-refractivity contribution in [3.63, 3.8) is 0 Å². The number of nitrogens with zero attached hydrogens (tertiary/aromatic N) is 5. The van der Waals surface area contributed by atoms with E-state index in [1.165, 1.54) is 4.90 Å². The van der Waals surface area contributed by atoms with Gasteiger partial charge in [-0.2, -0.15) is 0 Å². The van der Waals surface area contributed by atoms with E-state index in [0.717, 1.165) is 11.1 Å². The van der Waals surface area contributed by atoms with Gasteiger partial charge in [-0.05, 0) is 43.4 Å². The Kier molecular flexibility index (Phi) is 7.67. The number of amides is 4. The minimum Gasteiger partial charge on any atom is -0.347 e. The number of H-pyrrole nitrogens is 1. The highest BCUT2D eigenvalue weighted by Gasteiger charge is 2.35. The number of aromatic amines is 1. The van der Waals surface area contributed by atoms with E-state index in [2.05, 4.69) is 15.3 Å². The van der Waals surface area contributed by atoms with Crippen LogP contribution in [-0.2, 0) is 9.59 Å². The molecule has 0 radical (unpaired) electrons. The number of urea groups is 1. The lowest BCUT2D eigenvalue weighted by Crippen LogP contribution is -2.54. The number of likely N-dealkylation sites (tertiary alicyclic amines) is 2. The van der Waals surface area contributed by atoms with Crippen LogP contribution in [0.4, 0.5) is 4.79 Å². The molecular formula is C28H35N7O4. The molecule has 0 spiro atoms. The van der Waals surface area contributed by atoms with E-state index < -0.39 is 6.04 Å². The zero-order valence-corrected chi connectivity index (χ0v) is 22.4. The average molecular weight is 534 g/mol. The maximum absolute atomic E-state index is 13.5. The van der Waals surface area contributed by atoms with Gasteiger partial charge in [0, 0.05) is 51.9 Å². The van der Waals surface area contributed by atoms with Gasteiger partial charge >= 0.3 is 11.7 Å². The van der Waals surface area contributed by atoms with Gasteiger partial charge in [-0.15, -0.1) is 0 Å². The van der Waals surface area contributed by atoms with Crippen molar-refractivity contribution in [3.05, 3.63) is 64.7 Å². The summed E-state index contributed by atoms with van der Waals surface area (Å²) in [5.74, 6) is -0.316. The summed E-state index contributed by atoms with van der Waals surface area (Å²) in [6.45, 7) is 1.33. The number of carbonyl (C=O) groups is 3. The number of likely N-dealkylation sites (N-methyl/N-ethyl adjacent to an activating group) is 1. The zero-order valence-electron chi connectivity index (χ0n) is 22.4. The van der Waals surface area contributed by atoms with Crippen molar-refractivity contribution >= 4 is 29.0 Å². The molecule has 2 aromatic heterocycles. The fourth-order valence-electron chi connectivity index (χ4n) is 5.63. The van der Waals surface area contributed by atoms with E-state index in [1.807, 2.05) is 36.4 Å². The van der Waals surface area contributed by atoms with Gasteiger partial charge in [0.1, 0.15) is 6.04 Å². The van der Waals surface area contributed by atoms with Gasteiger partial charge in [0.05, 0.1) is 12.1 Å². The molecule has 2 aliphatic rings. The Morgan fingerprint density at radius 3 is 2.49 bits per heavy atom. The molecule has 0 aliphatic carbocycles. The third kappa shape index (κ3) is 5.67. The molecule has 2 unspecified atom stereocenters. The second-order valence-corrected chi connectivity index (χ2v) is 10.6. The minimum absolute atomic E-state index is 0.0266. The number of piperidine rings is 1. The molecule has 0 saturated carbocycles. The van der Waals surface area contributed by atoms with Crippen molar-refractivity contribution in [1.82, 2.24) is 34.6 Å². The molecule has 2 atom stereocenters. The lowest BCUT2D eigenvalue weighted by Gasteiger charge is -2.34. The summed E-state index contributed by atoms with van der Waals surface area (Å²) in [6, 6.07) is 12.6. The van der Waals surface area contributed by atoms with Crippen LogP contribution in [0.5, 0.6) is 0 Å². The maximum Gasteiger partial charge on any atom is 0.327 e. The van der Waals surface area contributed by atoms with Gasteiger partial charge in [0.2, 0.25) is 11.8 Å². The first kappa shape index (κ1) is 26.5. The number of hydrogen-bond acceptors (Lipinski definition) is 5. The van der Waals surface area contributed by atoms with Crippen molar-refractivity contribution in [1.29, 1.82) is 0 Å². The van der Waals surface area contributed by atoms with E-state index in [-0.39, 0.29) is 42.0 Å². The molecule has 5 rings (SSSR count). The Bertz CT molecular complexity index is 1390. The molecule has 4 amide bonds. The third-order valence-corrected chi connectivity index (χ3v) is 7.85. The van der Waals surface area contributed by atoms with Crippen LogP contribution in [0.3, 0.4) is 0 Å². The number of carbonyl (C=O) groups excluding carboxylic acids is 3. The van der Waals surface area contributed by atoms with E-state index >= 15 is 0 Å². The highest BCUT2D eigenvalue weighted by atomic mass is 16.2. The number of hydrogen-bond donors (Lipinski definition) is 2. The van der Waals surface area contributed by atoms with Crippen molar-refractivity contribution < 1.29 is 14.4 Å². The van der Waals surface area contributed by atoms with E-state index in [1.54, 1.807) is 40.7 Å². The third-order valence-electron chi connectivity index (χ3n) is 7.85. The Morgan fingerprint density at radius 2 is 1.77 bits per heavy atom. The molecule has 206 valence electrons. The number of nitrogens with one attached hydrogen (secondary N) is 2. The second kappa shape index (κ2) is 11.3. The molecule has 11 heteroatoms. The van der Waals surface area contributed by atoms with Crippen molar-refractivity contribution in [3.8, 4) is 0 Å². The smallest absolute Gasteiger partial charge is 0.327 e. The quantitative estimate of drug-likeness (QED) is 0.519. The molecule has 2 aliphatic heterocycles. The Balaban J connectivity index is 1.26. The van der Waals surface area contributed by atoms with Crippen LogP contribution in [0.2, 0.25) is 0 Å². The fourth-order valence-corrected chi connectivity index (χ4v) is 5.63. The van der Waals surface area contributed by atoms with Gasteiger partial charge < -0.3 is 20.0 Å². The highest BCUT2D eigenvalue weighted by molar-refractivity contribution is 5.90. The number of pyridine rings is 1. The molecule has 1 aromatic carbocycles.